The normalized spacial score (nSPS) is 22.4. The molecule has 0 aromatic rings. The molecule has 1 heteroatoms. The van der Waals surface area contributed by atoms with Crippen LogP contribution in [0, 0.1) is 5.92 Å². The monoisotopic (exact) mass is 194 g/mol. The number of rotatable bonds is 5. The standard InChI is InChI=1S/C13H22O/c1-2-3-4-5-8-12-9-6-7-10-13(14)11-12/h7,10,12H,2-6,8-9,11H2,1H3. The minimum atomic E-state index is 0.336. The fraction of sp³-hybridized carbons (Fsp3) is 0.769. The minimum absolute atomic E-state index is 0.336. The Morgan fingerprint density at radius 2 is 2.21 bits per heavy atom. The fourth-order valence-corrected chi connectivity index (χ4v) is 2.11. The zero-order valence-corrected chi connectivity index (χ0v) is 9.30. The van der Waals surface area contributed by atoms with Gasteiger partial charge >= 0.3 is 0 Å². The number of hydrogen-bond acceptors (Lipinski definition) is 1. The molecule has 1 rings (SSSR count). The van der Waals surface area contributed by atoms with Gasteiger partial charge in [0.25, 0.3) is 0 Å². The van der Waals surface area contributed by atoms with E-state index in [0.717, 1.165) is 12.8 Å². The molecule has 1 atom stereocenters. The van der Waals surface area contributed by atoms with Gasteiger partial charge in [-0.1, -0.05) is 45.1 Å². The molecule has 0 saturated heterocycles. The number of allylic oxidation sites excluding steroid dienone is 2. The van der Waals surface area contributed by atoms with Gasteiger partial charge < -0.3 is 0 Å². The molecule has 1 unspecified atom stereocenters. The number of carbonyl (C=O) groups excluding carboxylic acids is 1. The van der Waals surface area contributed by atoms with Gasteiger partial charge in [0.05, 0.1) is 0 Å². The zero-order chi connectivity index (χ0) is 10.2. The molecule has 0 bridgehead atoms. The van der Waals surface area contributed by atoms with Crippen LogP contribution in [0.1, 0.15) is 58.3 Å². The second kappa shape index (κ2) is 6.80. The summed E-state index contributed by atoms with van der Waals surface area (Å²) >= 11 is 0. The first-order valence-corrected chi connectivity index (χ1v) is 6.02. The lowest BCUT2D eigenvalue weighted by Gasteiger charge is -2.12. The van der Waals surface area contributed by atoms with Gasteiger partial charge in [-0.2, -0.15) is 0 Å². The third-order valence-corrected chi connectivity index (χ3v) is 3.00. The highest BCUT2D eigenvalue weighted by Crippen LogP contribution is 2.22. The van der Waals surface area contributed by atoms with Crippen molar-refractivity contribution in [2.45, 2.75) is 58.3 Å². The van der Waals surface area contributed by atoms with Gasteiger partial charge in [0.2, 0.25) is 0 Å². The Morgan fingerprint density at radius 3 is 3.00 bits per heavy atom. The quantitative estimate of drug-likeness (QED) is 0.607. The maximum atomic E-state index is 11.3. The van der Waals surface area contributed by atoms with E-state index in [-0.39, 0.29) is 0 Å². The first kappa shape index (κ1) is 11.5. The maximum Gasteiger partial charge on any atom is 0.155 e. The second-order valence-electron chi connectivity index (χ2n) is 4.37. The van der Waals surface area contributed by atoms with Crippen molar-refractivity contribution in [3.05, 3.63) is 12.2 Å². The Bertz CT molecular complexity index is 193. The summed E-state index contributed by atoms with van der Waals surface area (Å²) < 4.78 is 0. The first-order chi connectivity index (χ1) is 6.83. The smallest absolute Gasteiger partial charge is 0.155 e. The van der Waals surface area contributed by atoms with Gasteiger partial charge in [0.15, 0.2) is 5.78 Å². The molecule has 0 aliphatic heterocycles. The number of unbranched alkanes of at least 4 members (excludes halogenated alkanes) is 3. The van der Waals surface area contributed by atoms with E-state index >= 15 is 0 Å². The fourth-order valence-electron chi connectivity index (χ4n) is 2.11. The highest BCUT2D eigenvalue weighted by Gasteiger charge is 2.13. The van der Waals surface area contributed by atoms with Crippen molar-refractivity contribution in [2.24, 2.45) is 5.92 Å². The lowest BCUT2D eigenvalue weighted by atomic mass is 9.93. The van der Waals surface area contributed by atoms with Crippen molar-refractivity contribution in [2.75, 3.05) is 0 Å². The summed E-state index contributed by atoms with van der Waals surface area (Å²) in [5.74, 6) is 0.998. The summed E-state index contributed by atoms with van der Waals surface area (Å²) in [4.78, 5) is 11.3. The molecule has 80 valence electrons. The lowest BCUT2D eigenvalue weighted by molar-refractivity contribution is -0.115. The Hall–Kier alpha value is -0.590. The third-order valence-electron chi connectivity index (χ3n) is 3.00. The minimum Gasteiger partial charge on any atom is -0.295 e. The number of hydrogen-bond donors (Lipinski definition) is 0. The van der Waals surface area contributed by atoms with Crippen LogP contribution in [0.15, 0.2) is 12.2 Å². The molecule has 0 radical (unpaired) electrons. The largest absolute Gasteiger partial charge is 0.295 e. The van der Waals surface area contributed by atoms with Gasteiger partial charge in [0.1, 0.15) is 0 Å². The molecule has 1 nitrogen and oxygen atoms in total. The van der Waals surface area contributed by atoms with Crippen molar-refractivity contribution in [1.82, 2.24) is 0 Å². The average Bonchev–Trinajstić information content (AvgIpc) is 2.38. The van der Waals surface area contributed by atoms with E-state index in [9.17, 15) is 4.79 Å². The predicted molar refractivity (Wildman–Crippen MR) is 60.2 cm³/mol. The Morgan fingerprint density at radius 1 is 1.36 bits per heavy atom. The summed E-state index contributed by atoms with van der Waals surface area (Å²) in [6.45, 7) is 2.24. The molecular formula is C13H22O. The van der Waals surface area contributed by atoms with E-state index in [4.69, 9.17) is 0 Å². The Kier molecular flexibility index (Phi) is 5.58. The van der Waals surface area contributed by atoms with Gasteiger partial charge in [-0.05, 0) is 24.8 Å². The van der Waals surface area contributed by atoms with E-state index in [1.54, 1.807) is 6.08 Å². The average molecular weight is 194 g/mol. The van der Waals surface area contributed by atoms with Crippen molar-refractivity contribution in [3.8, 4) is 0 Å². The van der Waals surface area contributed by atoms with Crippen LogP contribution in [-0.4, -0.2) is 5.78 Å². The van der Waals surface area contributed by atoms with Crippen LogP contribution in [0.4, 0.5) is 0 Å². The topological polar surface area (TPSA) is 17.1 Å². The van der Waals surface area contributed by atoms with E-state index in [1.165, 1.54) is 38.5 Å². The molecule has 0 saturated carbocycles. The maximum absolute atomic E-state index is 11.3. The zero-order valence-electron chi connectivity index (χ0n) is 9.30. The molecule has 1 aliphatic rings. The molecule has 0 aromatic heterocycles. The van der Waals surface area contributed by atoms with Gasteiger partial charge in [-0.25, -0.2) is 0 Å². The molecule has 0 fully saturated rings. The van der Waals surface area contributed by atoms with E-state index in [0.29, 0.717) is 11.7 Å². The van der Waals surface area contributed by atoms with E-state index in [1.807, 2.05) is 6.08 Å². The van der Waals surface area contributed by atoms with Crippen molar-refractivity contribution in [1.29, 1.82) is 0 Å². The Balaban J connectivity index is 2.14. The summed E-state index contributed by atoms with van der Waals surface area (Å²) in [5, 5.41) is 0. The number of ketones is 1. The molecule has 0 amide bonds. The highest BCUT2D eigenvalue weighted by atomic mass is 16.1. The van der Waals surface area contributed by atoms with Crippen LogP contribution >= 0.6 is 0 Å². The van der Waals surface area contributed by atoms with E-state index < -0.39 is 0 Å². The summed E-state index contributed by atoms with van der Waals surface area (Å²) in [7, 11) is 0. The summed E-state index contributed by atoms with van der Waals surface area (Å²) in [6.07, 6.45) is 13.5. The Labute approximate surface area is 87.6 Å². The van der Waals surface area contributed by atoms with Gasteiger partial charge in [0, 0.05) is 6.42 Å². The SMILES string of the molecule is CCCCCCC1CCC=CC(=O)C1. The first-order valence-electron chi connectivity index (χ1n) is 6.02. The predicted octanol–water partition coefficient (Wildman–Crippen LogP) is 3.88. The van der Waals surface area contributed by atoms with Crippen molar-refractivity contribution in [3.63, 3.8) is 0 Å². The summed E-state index contributed by atoms with van der Waals surface area (Å²) in [5.41, 5.74) is 0. The molecule has 1 aliphatic carbocycles. The van der Waals surface area contributed by atoms with Gasteiger partial charge in [-0.15, -0.1) is 0 Å². The van der Waals surface area contributed by atoms with Crippen molar-refractivity contribution < 1.29 is 4.79 Å². The van der Waals surface area contributed by atoms with Crippen LogP contribution in [0.3, 0.4) is 0 Å². The molecular weight excluding hydrogens is 172 g/mol. The molecule has 0 aromatic carbocycles. The third kappa shape index (κ3) is 4.59. The lowest BCUT2D eigenvalue weighted by Crippen LogP contribution is -2.04. The van der Waals surface area contributed by atoms with Crippen LogP contribution in [0.5, 0.6) is 0 Å². The van der Waals surface area contributed by atoms with Gasteiger partial charge in [-0.3, -0.25) is 4.79 Å². The molecule has 0 N–H and O–H groups in total. The number of carbonyl (C=O) groups is 1. The van der Waals surface area contributed by atoms with Crippen molar-refractivity contribution >= 4 is 5.78 Å². The van der Waals surface area contributed by atoms with Crippen LogP contribution in [0.2, 0.25) is 0 Å². The molecule has 0 heterocycles. The van der Waals surface area contributed by atoms with Crippen LogP contribution < -0.4 is 0 Å². The van der Waals surface area contributed by atoms with Crippen LogP contribution in [-0.2, 0) is 4.79 Å². The van der Waals surface area contributed by atoms with Crippen LogP contribution in [0.25, 0.3) is 0 Å². The highest BCUT2D eigenvalue weighted by molar-refractivity contribution is 5.89. The molecule has 0 spiro atoms. The molecule has 14 heavy (non-hydrogen) atoms. The summed E-state index contributed by atoms with van der Waals surface area (Å²) in [6, 6.07) is 0. The van der Waals surface area contributed by atoms with E-state index in [2.05, 4.69) is 6.92 Å². The second-order valence-corrected chi connectivity index (χ2v) is 4.37.